The molecule has 0 aliphatic carbocycles. The van der Waals surface area contributed by atoms with Gasteiger partial charge in [0.15, 0.2) is 6.04 Å². The van der Waals surface area contributed by atoms with Crippen LogP contribution in [0, 0.1) is 0 Å². The minimum absolute atomic E-state index is 0.575. The minimum atomic E-state index is -1.26. The molecular formula is C12H14N2O4. The van der Waals surface area contributed by atoms with Crippen molar-refractivity contribution in [3.05, 3.63) is 23.8 Å². The van der Waals surface area contributed by atoms with Crippen molar-refractivity contribution in [2.24, 2.45) is 0 Å². The predicted octanol–water partition coefficient (Wildman–Crippen LogP) is 0.233. The molecule has 1 aromatic carbocycles. The molecule has 3 N–H and O–H groups in total. The first kappa shape index (κ1) is 12.4. The van der Waals surface area contributed by atoms with E-state index in [9.17, 15) is 9.59 Å². The normalized spacial score (nSPS) is 14.5. The van der Waals surface area contributed by atoms with Crippen molar-refractivity contribution < 1.29 is 19.4 Å². The van der Waals surface area contributed by atoms with E-state index in [4.69, 9.17) is 9.84 Å². The Morgan fingerprint density at radius 2 is 2.22 bits per heavy atom. The molecule has 0 aromatic heterocycles. The number of benzene rings is 1. The van der Waals surface area contributed by atoms with Gasteiger partial charge in [-0.1, -0.05) is 0 Å². The maximum atomic E-state index is 11.7. The molecule has 1 unspecified atom stereocenters. The molecule has 2 rings (SSSR count). The van der Waals surface area contributed by atoms with Gasteiger partial charge in [-0.3, -0.25) is 10.1 Å². The fourth-order valence-corrected chi connectivity index (χ4v) is 1.85. The van der Waals surface area contributed by atoms with Gasteiger partial charge in [0.1, 0.15) is 5.75 Å². The average molecular weight is 250 g/mol. The van der Waals surface area contributed by atoms with E-state index < -0.39 is 17.9 Å². The number of carboxylic acids is 1. The van der Waals surface area contributed by atoms with Gasteiger partial charge in [-0.05, 0) is 30.8 Å². The number of aliphatic carboxylic acids is 1. The summed E-state index contributed by atoms with van der Waals surface area (Å²) in [6.45, 7) is 0.640. The highest BCUT2D eigenvalue weighted by atomic mass is 16.5. The summed E-state index contributed by atoms with van der Waals surface area (Å²) in [6, 6.07) is 4.01. The lowest BCUT2D eigenvalue weighted by atomic mass is 10.1. The number of carbonyl (C=O) groups excluding carboxylic acids is 1. The zero-order valence-electron chi connectivity index (χ0n) is 9.90. The Labute approximate surface area is 104 Å². The third-order valence-corrected chi connectivity index (χ3v) is 2.75. The van der Waals surface area contributed by atoms with Crippen LogP contribution in [0.25, 0.3) is 0 Å². The number of ether oxygens (including phenoxy) is 1. The second-order valence-electron chi connectivity index (χ2n) is 3.97. The van der Waals surface area contributed by atoms with Crippen LogP contribution in [0.5, 0.6) is 5.75 Å². The van der Waals surface area contributed by atoms with E-state index in [0.717, 1.165) is 17.7 Å². The number of carboxylic acid groups (broad SMARTS) is 1. The lowest BCUT2D eigenvalue weighted by Crippen LogP contribution is -2.44. The van der Waals surface area contributed by atoms with Gasteiger partial charge >= 0.3 is 5.97 Å². The first-order valence-corrected chi connectivity index (χ1v) is 5.58. The van der Waals surface area contributed by atoms with Crippen molar-refractivity contribution in [2.45, 2.75) is 12.5 Å². The van der Waals surface area contributed by atoms with Crippen LogP contribution in [0.2, 0.25) is 0 Å². The molecule has 0 fully saturated rings. The molecule has 0 bridgehead atoms. The van der Waals surface area contributed by atoms with E-state index in [0.29, 0.717) is 12.3 Å². The van der Waals surface area contributed by atoms with E-state index >= 15 is 0 Å². The van der Waals surface area contributed by atoms with E-state index in [1.807, 2.05) is 0 Å². The van der Waals surface area contributed by atoms with Gasteiger partial charge in [-0.25, -0.2) is 4.79 Å². The number of carbonyl (C=O) groups is 2. The van der Waals surface area contributed by atoms with Crippen molar-refractivity contribution in [1.29, 1.82) is 0 Å². The van der Waals surface area contributed by atoms with Gasteiger partial charge in [-0.15, -0.1) is 0 Å². The number of anilines is 1. The van der Waals surface area contributed by atoms with Gasteiger partial charge in [0.05, 0.1) is 6.61 Å². The molecule has 6 nitrogen and oxygen atoms in total. The molecule has 0 saturated heterocycles. The molecule has 1 heterocycles. The number of nitrogens with one attached hydrogen (secondary N) is 2. The summed E-state index contributed by atoms with van der Waals surface area (Å²) in [4.78, 5) is 22.5. The van der Waals surface area contributed by atoms with Crippen molar-refractivity contribution in [3.8, 4) is 5.75 Å². The molecule has 96 valence electrons. The molecule has 1 aliphatic rings. The van der Waals surface area contributed by atoms with Gasteiger partial charge < -0.3 is 15.2 Å². The standard InChI is InChI=1S/C12H14N2O4/c1-13-10(12(16)17)11(15)14-8-2-3-9-7(6-8)4-5-18-9/h2-3,6,10,13H,4-5H2,1H3,(H,14,15)(H,16,17). The van der Waals surface area contributed by atoms with E-state index in [-0.39, 0.29) is 0 Å². The first-order chi connectivity index (χ1) is 8.61. The summed E-state index contributed by atoms with van der Waals surface area (Å²) in [5.74, 6) is -0.986. The Hall–Kier alpha value is -2.08. The Morgan fingerprint density at radius 3 is 2.89 bits per heavy atom. The van der Waals surface area contributed by atoms with Crippen LogP contribution in [0.4, 0.5) is 5.69 Å². The van der Waals surface area contributed by atoms with Crippen LogP contribution in [0.1, 0.15) is 5.56 Å². The highest BCUT2D eigenvalue weighted by molar-refractivity contribution is 6.07. The molecule has 18 heavy (non-hydrogen) atoms. The number of amides is 1. The van der Waals surface area contributed by atoms with Crippen molar-refractivity contribution >= 4 is 17.6 Å². The van der Waals surface area contributed by atoms with E-state index in [1.165, 1.54) is 7.05 Å². The first-order valence-electron chi connectivity index (χ1n) is 5.58. The minimum Gasteiger partial charge on any atom is -0.493 e. The zero-order valence-corrected chi connectivity index (χ0v) is 9.90. The van der Waals surface area contributed by atoms with Crippen LogP contribution >= 0.6 is 0 Å². The Morgan fingerprint density at radius 1 is 1.44 bits per heavy atom. The predicted molar refractivity (Wildman–Crippen MR) is 64.8 cm³/mol. The van der Waals surface area contributed by atoms with Gasteiger partial charge in [-0.2, -0.15) is 0 Å². The fraction of sp³-hybridized carbons (Fsp3) is 0.333. The largest absolute Gasteiger partial charge is 0.493 e. The SMILES string of the molecule is CNC(C(=O)O)C(=O)Nc1ccc2c(c1)CCO2. The summed E-state index contributed by atoms with van der Waals surface area (Å²) in [7, 11) is 1.43. The highest BCUT2D eigenvalue weighted by Crippen LogP contribution is 2.27. The van der Waals surface area contributed by atoms with E-state index in [2.05, 4.69) is 10.6 Å². The molecule has 0 spiro atoms. The Balaban J connectivity index is 2.09. The molecule has 1 atom stereocenters. The summed E-state index contributed by atoms with van der Waals surface area (Å²) >= 11 is 0. The Bertz CT molecular complexity index is 487. The molecule has 0 radical (unpaired) electrons. The van der Waals surface area contributed by atoms with Crippen molar-refractivity contribution in [1.82, 2.24) is 5.32 Å². The van der Waals surface area contributed by atoms with Gasteiger partial charge in [0, 0.05) is 12.1 Å². The van der Waals surface area contributed by atoms with Crippen molar-refractivity contribution in [2.75, 3.05) is 19.0 Å². The number of fused-ring (bicyclic) bond motifs is 1. The van der Waals surface area contributed by atoms with Crippen LogP contribution in [-0.4, -0.2) is 36.7 Å². The quantitative estimate of drug-likeness (QED) is 0.666. The van der Waals surface area contributed by atoms with Gasteiger partial charge in [0.2, 0.25) is 0 Å². The molecule has 1 aliphatic heterocycles. The van der Waals surface area contributed by atoms with Crippen LogP contribution < -0.4 is 15.4 Å². The van der Waals surface area contributed by atoms with Crippen LogP contribution in [0.15, 0.2) is 18.2 Å². The molecular weight excluding hydrogens is 236 g/mol. The number of rotatable bonds is 4. The highest BCUT2D eigenvalue weighted by Gasteiger charge is 2.24. The molecule has 0 saturated carbocycles. The average Bonchev–Trinajstić information content (AvgIpc) is 2.76. The second kappa shape index (κ2) is 5.05. The maximum absolute atomic E-state index is 11.7. The maximum Gasteiger partial charge on any atom is 0.330 e. The molecule has 1 aromatic rings. The van der Waals surface area contributed by atoms with Crippen LogP contribution in [0.3, 0.4) is 0 Å². The van der Waals surface area contributed by atoms with Crippen LogP contribution in [-0.2, 0) is 16.0 Å². The van der Waals surface area contributed by atoms with Crippen molar-refractivity contribution in [3.63, 3.8) is 0 Å². The summed E-state index contributed by atoms with van der Waals surface area (Å²) in [5.41, 5.74) is 1.59. The smallest absolute Gasteiger partial charge is 0.330 e. The second-order valence-corrected chi connectivity index (χ2v) is 3.97. The zero-order chi connectivity index (χ0) is 13.1. The lowest BCUT2D eigenvalue weighted by Gasteiger charge is -2.12. The van der Waals surface area contributed by atoms with Gasteiger partial charge in [0.25, 0.3) is 5.91 Å². The molecule has 1 amide bonds. The Kier molecular flexibility index (Phi) is 3.47. The number of hydrogen-bond acceptors (Lipinski definition) is 4. The number of hydrogen-bond donors (Lipinski definition) is 3. The monoisotopic (exact) mass is 250 g/mol. The third kappa shape index (κ3) is 2.43. The third-order valence-electron chi connectivity index (χ3n) is 2.75. The topological polar surface area (TPSA) is 87.7 Å². The summed E-state index contributed by atoms with van der Waals surface area (Å²) in [6.07, 6.45) is 0.799. The number of likely N-dealkylation sites (N-methyl/N-ethyl adjacent to an activating group) is 1. The summed E-state index contributed by atoms with van der Waals surface area (Å²) in [5, 5.41) is 13.8. The van der Waals surface area contributed by atoms with E-state index in [1.54, 1.807) is 18.2 Å². The lowest BCUT2D eigenvalue weighted by molar-refractivity contribution is -0.142. The molecule has 6 heteroatoms. The fourth-order valence-electron chi connectivity index (χ4n) is 1.85. The summed E-state index contributed by atoms with van der Waals surface area (Å²) < 4.78 is 5.35.